The van der Waals surface area contributed by atoms with Crippen molar-refractivity contribution >= 4 is 23.6 Å². The second-order valence-corrected chi connectivity index (χ2v) is 6.05. The predicted molar refractivity (Wildman–Crippen MR) is 72.5 cm³/mol. The summed E-state index contributed by atoms with van der Waals surface area (Å²) in [4.78, 5) is 23.3. The summed E-state index contributed by atoms with van der Waals surface area (Å²) >= 11 is 1.57. The molecule has 0 radical (unpaired) electrons. The van der Waals surface area contributed by atoms with Crippen LogP contribution < -0.4 is 11.1 Å². The number of hydrogen-bond donors (Lipinski definition) is 3. The van der Waals surface area contributed by atoms with Gasteiger partial charge < -0.3 is 16.2 Å². The minimum absolute atomic E-state index is 0.174. The molecule has 0 aromatic rings. The van der Waals surface area contributed by atoms with Gasteiger partial charge in [-0.25, -0.2) is 4.79 Å². The Labute approximate surface area is 112 Å². The van der Waals surface area contributed by atoms with Gasteiger partial charge in [-0.1, -0.05) is 6.42 Å². The van der Waals surface area contributed by atoms with Crippen molar-refractivity contribution in [2.75, 3.05) is 12.0 Å². The van der Waals surface area contributed by atoms with Gasteiger partial charge in [-0.15, -0.1) is 0 Å². The van der Waals surface area contributed by atoms with Crippen LogP contribution in [0.1, 0.15) is 32.6 Å². The molecule has 0 aromatic heterocycles. The summed E-state index contributed by atoms with van der Waals surface area (Å²) < 4.78 is 0. The normalized spacial score (nSPS) is 28.9. The molecule has 2 unspecified atom stereocenters. The number of nitrogens with two attached hydrogens (primary N) is 1. The van der Waals surface area contributed by atoms with Crippen LogP contribution in [0.5, 0.6) is 0 Å². The van der Waals surface area contributed by atoms with E-state index in [-0.39, 0.29) is 11.9 Å². The zero-order chi connectivity index (χ0) is 13.8. The highest BCUT2D eigenvalue weighted by Crippen LogP contribution is 2.36. The molecule has 1 aliphatic rings. The fourth-order valence-electron chi connectivity index (χ4n) is 2.29. The van der Waals surface area contributed by atoms with Crippen LogP contribution in [0.2, 0.25) is 0 Å². The van der Waals surface area contributed by atoms with Crippen LogP contribution in [0.4, 0.5) is 0 Å². The molecule has 4 N–H and O–H groups in total. The van der Waals surface area contributed by atoms with Gasteiger partial charge in [0.15, 0.2) is 0 Å². The molecule has 0 spiro atoms. The van der Waals surface area contributed by atoms with E-state index in [9.17, 15) is 9.59 Å². The summed E-state index contributed by atoms with van der Waals surface area (Å²) in [5.41, 5.74) is 5.34. The fourth-order valence-corrected chi connectivity index (χ4v) is 2.76. The zero-order valence-electron chi connectivity index (χ0n) is 10.9. The summed E-state index contributed by atoms with van der Waals surface area (Å²) in [6.45, 7) is 1.83. The minimum atomic E-state index is -0.979. The first kappa shape index (κ1) is 15.3. The zero-order valence-corrected chi connectivity index (χ0v) is 11.8. The van der Waals surface area contributed by atoms with Crippen molar-refractivity contribution in [1.82, 2.24) is 5.32 Å². The smallest absolute Gasteiger partial charge is 0.326 e. The van der Waals surface area contributed by atoms with Gasteiger partial charge in [0, 0.05) is 6.04 Å². The Kier molecular flexibility index (Phi) is 5.47. The van der Waals surface area contributed by atoms with Crippen LogP contribution in [-0.2, 0) is 9.59 Å². The van der Waals surface area contributed by atoms with Crippen molar-refractivity contribution in [2.45, 2.75) is 44.7 Å². The molecule has 1 fully saturated rings. The lowest BCUT2D eigenvalue weighted by Crippen LogP contribution is -2.52. The second kappa shape index (κ2) is 6.43. The maximum Gasteiger partial charge on any atom is 0.326 e. The largest absolute Gasteiger partial charge is 0.480 e. The highest BCUT2D eigenvalue weighted by Gasteiger charge is 2.43. The van der Waals surface area contributed by atoms with E-state index >= 15 is 0 Å². The number of carboxylic acids is 1. The molecule has 18 heavy (non-hydrogen) atoms. The monoisotopic (exact) mass is 274 g/mol. The molecule has 3 atom stereocenters. The van der Waals surface area contributed by atoms with Gasteiger partial charge in [-0.05, 0) is 38.2 Å². The molecule has 5 nitrogen and oxygen atoms in total. The topological polar surface area (TPSA) is 92.4 Å². The van der Waals surface area contributed by atoms with Gasteiger partial charge in [-0.3, -0.25) is 4.79 Å². The number of carboxylic acid groups (broad SMARTS) is 1. The number of aliphatic carboxylic acids is 1. The predicted octanol–water partition coefficient (Wildman–Crippen LogP) is 0.826. The summed E-state index contributed by atoms with van der Waals surface area (Å²) in [7, 11) is 0. The number of thioether (sulfide) groups is 1. The first-order chi connectivity index (χ1) is 8.41. The van der Waals surface area contributed by atoms with Crippen molar-refractivity contribution in [2.24, 2.45) is 11.1 Å². The number of carbonyl (C=O) groups excluding carboxylic acids is 1. The number of hydrogen-bond acceptors (Lipinski definition) is 4. The summed E-state index contributed by atoms with van der Waals surface area (Å²) in [5.74, 6) is -0.492. The van der Waals surface area contributed by atoms with Crippen molar-refractivity contribution in [3.8, 4) is 0 Å². The van der Waals surface area contributed by atoms with E-state index < -0.39 is 17.4 Å². The Morgan fingerprint density at radius 2 is 2.28 bits per heavy atom. The van der Waals surface area contributed by atoms with Crippen molar-refractivity contribution in [3.63, 3.8) is 0 Å². The van der Waals surface area contributed by atoms with E-state index in [4.69, 9.17) is 10.8 Å². The van der Waals surface area contributed by atoms with E-state index in [0.29, 0.717) is 12.2 Å². The third-order valence-electron chi connectivity index (χ3n) is 3.76. The fraction of sp³-hybridized carbons (Fsp3) is 0.833. The van der Waals surface area contributed by atoms with Gasteiger partial charge in [0.2, 0.25) is 5.91 Å². The molecule has 1 saturated carbocycles. The van der Waals surface area contributed by atoms with E-state index in [1.54, 1.807) is 11.8 Å². The highest BCUT2D eigenvalue weighted by atomic mass is 32.2. The quantitative estimate of drug-likeness (QED) is 0.667. The molecule has 1 amide bonds. The Morgan fingerprint density at radius 1 is 1.61 bits per heavy atom. The number of carbonyl (C=O) groups is 2. The third-order valence-corrected chi connectivity index (χ3v) is 4.41. The maximum absolute atomic E-state index is 12.2. The molecule has 104 valence electrons. The van der Waals surface area contributed by atoms with Crippen molar-refractivity contribution < 1.29 is 14.7 Å². The van der Waals surface area contributed by atoms with E-state index in [1.165, 1.54) is 0 Å². The molecule has 0 aromatic carbocycles. The van der Waals surface area contributed by atoms with Gasteiger partial charge >= 0.3 is 5.97 Å². The van der Waals surface area contributed by atoms with E-state index in [2.05, 4.69) is 5.32 Å². The number of nitrogens with one attached hydrogen (secondary N) is 1. The van der Waals surface area contributed by atoms with Crippen molar-refractivity contribution in [1.29, 1.82) is 0 Å². The highest BCUT2D eigenvalue weighted by molar-refractivity contribution is 7.98. The molecular formula is C12H22N2O3S. The molecule has 0 aliphatic heterocycles. The lowest BCUT2D eigenvalue weighted by atomic mass is 9.84. The molecular weight excluding hydrogens is 252 g/mol. The van der Waals surface area contributed by atoms with Crippen LogP contribution in [0.25, 0.3) is 0 Å². The first-order valence-electron chi connectivity index (χ1n) is 6.20. The molecule has 0 saturated heterocycles. The molecule has 6 heteroatoms. The Bertz CT molecular complexity index is 324. The average molecular weight is 274 g/mol. The average Bonchev–Trinajstić information content (AvgIpc) is 2.65. The Hall–Kier alpha value is -0.750. The maximum atomic E-state index is 12.2. The summed E-state index contributed by atoms with van der Waals surface area (Å²) in [6.07, 6.45) is 4.83. The standard InChI is InChI=1S/C12H22N2O3S/c1-12(6-3-4-9(12)13)11(17)14-8(10(15)16)5-7-18-2/h8-9H,3-7,13H2,1-2H3,(H,14,17)(H,15,16)/t8-,9?,12?/m0/s1. The van der Waals surface area contributed by atoms with Crippen LogP contribution in [-0.4, -0.2) is 41.1 Å². The Balaban J connectivity index is 2.63. The van der Waals surface area contributed by atoms with Crippen LogP contribution in [0.15, 0.2) is 0 Å². The Morgan fingerprint density at radius 3 is 2.72 bits per heavy atom. The molecule has 1 rings (SSSR count). The number of rotatable bonds is 6. The number of amides is 1. The SMILES string of the molecule is CSCC[C@H](NC(=O)C1(C)CCCC1N)C(=O)O. The van der Waals surface area contributed by atoms with Crippen LogP contribution in [0.3, 0.4) is 0 Å². The van der Waals surface area contributed by atoms with Gasteiger partial charge in [0.05, 0.1) is 5.41 Å². The van der Waals surface area contributed by atoms with Crippen molar-refractivity contribution in [3.05, 3.63) is 0 Å². The first-order valence-corrected chi connectivity index (χ1v) is 7.59. The van der Waals surface area contributed by atoms with Gasteiger partial charge in [0.25, 0.3) is 0 Å². The third kappa shape index (κ3) is 3.38. The molecule has 0 bridgehead atoms. The second-order valence-electron chi connectivity index (χ2n) is 5.06. The summed E-state index contributed by atoms with van der Waals surface area (Å²) in [6, 6.07) is -0.984. The molecule has 0 heterocycles. The molecule has 1 aliphatic carbocycles. The van der Waals surface area contributed by atoms with E-state index in [1.807, 2.05) is 13.2 Å². The van der Waals surface area contributed by atoms with Crippen LogP contribution in [0, 0.1) is 5.41 Å². The lowest BCUT2D eigenvalue weighted by Gasteiger charge is -2.29. The summed E-state index contributed by atoms with van der Waals surface area (Å²) in [5, 5.41) is 11.7. The van der Waals surface area contributed by atoms with Crippen LogP contribution >= 0.6 is 11.8 Å². The van der Waals surface area contributed by atoms with Gasteiger partial charge in [-0.2, -0.15) is 11.8 Å². The lowest BCUT2D eigenvalue weighted by molar-refractivity contribution is -0.143. The minimum Gasteiger partial charge on any atom is -0.480 e. The van der Waals surface area contributed by atoms with Gasteiger partial charge in [0.1, 0.15) is 6.04 Å². The van der Waals surface area contributed by atoms with E-state index in [0.717, 1.165) is 19.3 Å².